The molecule has 47 heavy (non-hydrogen) atoms. The molecule has 4 nitrogen and oxygen atoms in total. The van der Waals surface area contributed by atoms with Gasteiger partial charge in [-0.2, -0.15) is 0 Å². The molecule has 220 valence electrons. The maximum absolute atomic E-state index is 6.49. The van der Waals surface area contributed by atoms with Crippen LogP contribution in [0.4, 0.5) is 0 Å². The van der Waals surface area contributed by atoms with Gasteiger partial charge >= 0.3 is 0 Å². The normalized spacial score (nSPS) is 11.4. The maximum atomic E-state index is 6.49. The first-order valence-corrected chi connectivity index (χ1v) is 15.7. The predicted octanol–water partition coefficient (Wildman–Crippen LogP) is 11.3. The number of aromatic nitrogens is 3. The zero-order valence-electron chi connectivity index (χ0n) is 25.3. The van der Waals surface area contributed by atoms with Gasteiger partial charge in [-0.3, -0.25) is 0 Å². The minimum absolute atomic E-state index is 0.596. The van der Waals surface area contributed by atoms with Gasteiger partial charge in [-0.15, -0.1) is 0 Å². The molecule has 0 aliphatic carbocycles. The van der Waals surface area contributed by atoms with Crippen LogP contribution in [0, 0.1) is 0 Å². The van der Waals surface area contributed by atoms with Crippen LogP contribution in [0.5, 0.6) is 0 Å². The molecule has 0 atom stereocenters. The van der Waals surface area contributed by atoms with Gasteiger partial charge < -0.3 is 4.42 Å². The van der Waals surface area contributed by atoms with Crippen molar-refractivity contribution in [1.29, 1.82) is 0 Å². The van der Waals surface area contributed by atoms with E-state index in [0.717, 1.165) is 60.9 Å². The summed E-state index contributed by atoms with van der Waals surface area (Å²) < 4.78 is 6.49. The van der Waals surface area contributed by atoms with Gasteiger partial charge in [0.25, 0.3) is 0 Å². The smallest absolute Gasteiger partial charge is 0.164 e. The Morgan fingerprint density at radius 3 is 1.79 bits per heavy atom. The SMILES string of the molecule is c1ccc(-c2cccc(-c3nc(-c4ccccc4)nc(-c4cc(-c5ccc6ccccc6c5)cc5oc6ccccc6c45)n3)c2)cc1. The topological polar surface area (TPSA) is 51.8 Å². The number of furan rings is 1. The lowest BCUT2D eigenvalue weighted by Crippen LogP contribution is -2.01. The second kappa shape index (κ2) is 11.2. The lowest BCUT2D eigenvalue weighted by molar-refractivity contribution is 0.669. The number of fused-ring (bicyclic) bond motifs is 4. The summed E-state index contributed by atoms with van der Waals surface area (Å²) in [5, 5.41) is 4.40. The Balaban J connectivity index is 1.31. The molecule has 0 aliphatic rings. The van der Waals surface area contributed by atoms with E-state index in [1.54, 1.807) is 0 Å². The Kier molecular flexibility index (Phi) is 6.43. The first-order valence-electron chi connectivity index (χ1n) is 15.7. The number of nitrogens with zero attached hydrogens (tertiary/aromatic N) is 3. The average Bonchev–Trinajstić information content (AvgIpc) is 3.53. The molecule has 0 saturated carbocycles. The van der Waals surface area contributed by atoms with E-state index in [9.17, 15) is 0 Å². The summed E-state index contributed by atoms with van der Waals surface area (Å²) in [5.41, 5.74) is 8.74. The summed E-state index contributed by atoms with van der Waals surface area (Å²) in [5.74, 6) is 1.83. The molecular weight excluding hydrogens is 574 g/mol. The van der Waals surface area contributed by atoms with Gasteiger partial charge in [-0.25, -0.2) is 15.0 Å². The second-order valence-electron chi connectivity index (χ2n) is 11.7. The Bertz CT molecular complexity index is 2570. The van der Waals surface area contributed by atoms with E-state index in [-0.39, 0.29) is 0 Å². The molecule has 0 amide bonds. The van der Waals surface area contributed by atoms with Gasteiger partial charge in [-0.05, 0) is 63.4 Å². The number of rotatable bonds is 5. The number of benzene rings is 7. The number of para-hydroxylation sites is 1. The third-order valence-corrected chi connectivity index (χ3v) is 8.70. The zero-order chi connectivity index (χ0) is 31.2. The van der Waals surface area contributed by atoms with Crippen LogP contribution in [0.25, 0.3) is 89.1 Å². The molecule has 2 heterocycles. The summed E-state index contributed by atoms with van der Waals surface area (Å²) in [6.07, 6.45) is 0. The fourth-order valence-electron chi connectivity index (χ4n) is 6.38. The van der Waals surface area contributed by atoms with E-state index in [1.165, 1.54) is 10.8 Å². The summed E-state index contributed by atoms with van der Waals surface area (Å²) in [6, 6.07) is 56.3. The van der Waals surface area contributed by atoms with Crippen molar-refractivity contribution in [3.8, 4) is 56.4 Å². The van der Waals surface area contributed by atoms with E-state index < -0.39 is 0 Å². The minimum atomic E-state index is 0.596. The lowest BCUT2D eigenvalue weighted by Gasteiger charge is -2.12. The molecule has 0 saturated heterocycles. The van der Waals surface area contributed by atoms with E-state index in [4.69, 9.17) is 19.4 Å². The van der Waals surface area contributed by atoms with Crippen molar-refractivity contribution in [2.45, 2.75) is 0 Å². The molecule has 9 rings (SSSR count). The first-order chi connectivity index (χ1) is 23.3. The van der Waals surface area contributed by atoms with Crippen molar-refractivity contribution in [3.05, 3.63) is 164 Å². The summed E-state index contributed by atoms with van der Waals surface area (Å²) in [4.78, 5) is 15.4. The quantitative estimate of drug-likeness (QED) is 0.197. The van der Waals surface area contributed by atoms with E-state index >= 15 is 0 Å². The van der Waals surface area contributed by atoms with Crippen molar-refractivity contribution in [2.24, 2.45) is 0 Å². The van der Waals surface area contributed by atoms with E-state index in [1.807, 2.05) is 54.6 Å². The highest BCUT2D eigenvalue weighted by Crippen LogP contribution is 2.40. The van der Waals surface area contributed by atoms with Crippen molar-refractivity contribution >= 4 is 32.7 Å². The Labute approximate surface area is 271 Å². The second-order valence-corrected chi connectivity index (χ2v) is 11.7. The van der Waals surface area contributed by atoms with Gasteiger partial charge in [0.2, 0.25) is 0 Å². The molecule has 4 heteroatoms. The van der Waals surface area contributed by atoms with Crippen LogP contribution in [0.15, 0.2) is 168 Å². The Morgan fingerprint density at radius 1 is 0.340 bits per heavy atom. The highest BCUT2D eigenvalue weighted by molar-refractivity contribution is 6.13. The lowest BCUT2D eigenvalue weighted by atomic mass is 9.96. The monoisotopic (exact) mass is 601 g/mol. The molecule has 0 unspecified atom stereocenters. The highest BCUT2D eigenvalue weighted by atomic mass is 16.3. The third kappa shape index (κ3) is 4.93. The van der Waals surface area contributed by atoms with Crippen LogP contribution < -0.4 is 0 Å². The van der Waals surface area contributed by atoms with Gasteiger partial charge in [0.15, 0.2) is 17.5 Å². The van der Waals surface area contributed by atoms with Crippen molar-refractivity contribution in [2.75, 3.05) is 0 Å². The minimum Gasteiger partial charge on any atom is -0.456 e. The molecule has 0 N–H and O–H groups in total. The highest BCUT2D eigenvalue weighted by Gasteiger charge is 2.20. The molecule has 2 aromatic heterocycles. The molecule has 0 aliphatic heterocycles. The van der Waals surface area contributed by atoms with Gasteiger partial charge in [0.1, 0.15) is 11.2 Å². The van der Waals surface area contributed by atoms with Gasteiger partial charge in [0, 0.05) is 27.5 Å². The molecule has 9 aromatic rings. The van der Waals surface area contributed by atoms with Crippen LogP contribution in [0.1, 0.15) is 0 Å². The van der Waals surface area contributed by atoms with E-state index in [0.29, 0.717) is 17.5 Å². The van der Waals surface area contributed by atoms with Gasteiger partial charge in [-0.1, -0.05) is 133 Å². The van der Waals surface area contributed by atoms with Crippen LogP contribution in [0.2, 0.25) is 0 Å². The molecule has 0 bridgehead atoms. The fraction of sp³-hybridized carbons (Fsp3) is 0. The maximum Gasteiger partial charge on any atom is 0.164 e. The fourth-order valence-corrected chi connectivity index (χ4v) is 6.38. The molecule has 7 aromatic carbocycles. The van der Waals surface area contributed by atoms with E-state index in [2.05, 4.69) is 109 Å². The molecular formula is C43H27N3O. The predicted molar refractivity (Wildman–Crippen MR) is 192 cm³/mol. The van der Waals surface area contributed by atoms with Crippen LogP contribution in [0.3, 0.4) is 0 Å². The number of hydrogen-bond donors (Lipinski definition) is 0. The molecule has 0 fully saturated rings. The third-order valence-electron chi connectivity index (χ3n) is 8.70. The molecule has 0 spiro atoms. The largest absolute Gasteiger partial charge is 0.456 e. The zero-order valence-corrected chi connectivity index (χ0v) is 25.3. The number of hydrogen-bond acceptors (Lipinski definition) is 4. The van der Waals surface area contributed by atoms with Crippen LogP contribution in [-0.2, 0) is 0 Å². The van der Waals surface area contributed by atoms with Crippen LogP contribution >= 0.6 is 0 Å². The van der Waals surface area contributed by atoms with Crippen molar-refractivity contribution in [1.82, 2.24) is 15.0 Å². The Morgan fingerprint density at radius 2 is 0.957 bits per heavy atom. The summed E-state index contributed by atoms with van der Waals surface area (Å²) in [6.45, 7) is 0. The average molecular weight is 602 g/mol. The first kappa shape index (κ1) is 27.0. The van der Waals surface area contributed by atoms with Crippen molar-refractivity contribution < 1.29 is 4.42 Å². The standard InChI is InChI=1S/C43H27N3O/c1-3-12-28(13-4-1)32-18-11-19-34(25-32)42-44-41(30-15-5-2-6-16-30)45-43(46-42)37-26-35(33-23-22-29-14-7-8-17-31(29)24-33)27-39-40(37)36-20-9-10-21-38(36)47-39/h1-27H. The Hall–Kier alpha value is -6.39. The van der Waals surface area contributed by atoms with Crippen molar-refractivity contribution in [3.63, 3.8) is 0 Å². The summed E-state index contributed by atoms with van der Waals surface area (Å²) in [7, 11) is 0. The van der Waals surface area contributed by atoms with Gasteiger partial charge in [0.05, 0.1) is 0 Å². The molecule has 0 radical (unpaired) electrons. The van der Waals surface area contributed by atoms with Crippen LogP contribution in [-0.4, -0.2) is 15.0 Å². The summed E-state index contributed by atoms with van der Waals surface area (Å²) >= 11 is 0.